The van der Waals surface area contributed by atoms with Crippen molar-refractivity contribution in [1.82, 2.24) is 10.3 Å². The summed E-state index contributed by atoms with van der Waals surface area (Å²) in [5.74, 6) is -0.270. The Kier molecular flexibility index (Phi) is 6.79. The summed E-state index contributed by atoms with van der Waals surface area (Å²) in [6.45, 7) is 2.30. The monoisotopic (exact) mass is 413 g/mol. The third-order valence-corrected chi connectivity index (χ3v) is 5.19. The van der Waals surface area contributed by atoms with Gasteiger partial charge in [-0.25, -0.2) is 4.98 Å². The second-order valence-electron chi connectivity index (χ2n) is 6.20. The molecule has 0 fully saturated rings. The zero-order valence-corrected chi connectivity index (χ0v) is 16.9. The molecule has 0 aliphatic heterocycles. The fourth-order valence-corrected chi connectivity index (χ4v) is 3.74. The highest BCUT2D eigenvalue weighted by Crippen LogP contribution is 2.30. The van der Waals surface area contributed by atoms with Gasteiger partial charge in [-0.05, 0) is 30.2 Å². The Morgan fingerprint density at radius 3 is 2.75 bits per heavy atom. The zero-order valence-electron chi connectivity index (χ0n) is 15.4. The second kappa shape index (κ2) is 9.48. The lowest BCUT2D eigenvalue weighted by atomic mass is 10.2. The van der Waals surface area contributed by atoms with Gasteiger partial charge in [-0.3, -0.25) is 9.59 Å². The van der Waals surface area contributed by atoms with Gasteiger partial charge in [0, 0.05) is 29.6 Å². The van der Waals surface area contributed by atoms with Gasteiger partial charge in [0.2, 0.25) is 5.91 Å². The number of benzene rings is 2. The Morgan fingerprint density at radius 2 is 1.96 bits per heavy atom. The molecule has 0 saturated carbocycles. The third kappa shape index (κ3) is 5.18. The number of carbonyl (C=O) groups excluding carboxylic acids is 2. The van der Waals surface area contributed by atoms with Crippen LogP contribution in [0.2, 0.25) is 5.02 Å². The van der Waals surface area contributed by atoms with E-state index in [1.807, 2.05) is 49.4 Å². The van der Waals surface area contributed by atoms with E-state index in [-0.39, 0.29) is 11.8 Å². The van der Waals surface area contributed by atoms with E-state index in [9.17, 15) is 9.59 Å². The average molecular weight is 414 g/mol. The first kappa shape index (κ1) is 20.0. The summed E-state index contributed by atoms with van der Waals surface area (Å²) in [6.07, 6.45) is 1.28. The molecule has 0 radical (unpaired) electrons. The number of nitrogens with one attached hydrogen (secondary N) is 2. The van der Waals surface area contributed by atoms with Crippen molar-refractivity contribution < 1.29 is 9.59 Å². The molecule has 5 nitrogen and oxygen atoms in total. The van der Waals surface area contributed by atoms with E-state index < -0.39 is 0 Å². The summed E-state index contributed by atoms with van der Waals surface area (Å²) in [6, 6.07) is 14.8. The van der Waals surface area contributed by atoms with Crippen LogP contribution >= 0.6 is 22.9 Å². The summed E-state index contributed by atoms with van der Waals surface area (Å²) in [4.78, 5) is 28.5. The standard InChI is InChI=1S/C21H20ClN3O2S/c1-2-6-19(26)24-15-8-5-7-14(11-15)12-23-20(27)18-13-28-21(25-18)16-9-3-4-10-17(16)22/h3-5,7-11,13H,2,6,12H2,1H3,(H,23,27)(H,24,26). The van der Waals surface area contributed by atoms with Crippen LogP contribution in [0.3, 0.4) is 0 Å². The van der Waals surface area contributed by atoms with Crippen molar-refractivity contribution in [2.45, 2.75) is 26.3 Å². The van der Waals surface area contributed by atoms with Crippen molar-refractivity contribution in [2.24, 2.45) is 0 Å². The van der Waals surface area contributed by atoms with Gasteiger partial charge >= 0.3 is 0 Å². The molecule has 0 saturated heterocycles. The molecule has 3 aromatic rings. The Balaban J connectivity index is 1.62. The van der Waals surface area contributed by atoms with E-state index in [1.54, 1.807) is 11.4 Å². The number of anilines is 1. The van der Waals surface area contributed by atoms with E-state index in [0.717, 1.165) is 23.2 Å². The highest BCUT2D eigenvalue weighted by atomic mass is 35.5. The molecule has 0 bridgehead atoms. The Hall–Kier alpha value is -2.70. The molecule has 3 rings (SSSR count). The number of hydrogen-bond acceptors (Lipinski definition) is 4. The second-order valence-corrected chi connectivity index (χ2v) is 7.46. The molecule has 2 amide bonds. The lowest BCUT2D eigenvalue weighted by Crippen LogP contribution is -2.23. The molecular weight excluding hydrogens is 394 g/mol. The zero-order chi connectivity index (χ0) is 19.9. The van der Waals surface area contributed by atoms with Crippen molar-refractivity contribution in [3.8, 4) is 10.6 Å². The SMILES string of the molecule is CCCC(=O)Nc1cccc(CNC(=O)c2csc(-c3ccccc3Cl)n2)c1. The molecule has 2 aromatic carbocycles. The van der Waals surface area contributed by atoms with Crippen LogP contribution in [0.1, 0.15) is 35.8 Å². The van der Waals surface area contributed by atoms with Crippen molar-refractivity contribution in [2.75, 3.05) is 5.32 Å². The number of rotatable bonds is 7. The first-order valence-corrected chi connectivity index (χ1v) is 10.2. The summed E-state index contributed by atoms with van der Waals surface area (Å²) < 4.78 is 0. The number of amides is 2. The molecule has 0 aliphatic carbocycles. The third-order valence-electron chi connectivity index (χ3n) is 3.98. The molecule has 28 heavy (non-hydrogen) atoms. The van der Waals surface area contributed by atoms with Gasteiger partial charge in [0.25, 0.3) is 5.91 Å². The van der Waals surface area contributed by atoms with Gasteiger partial charge in [0.15, 0.2) is 0 Å². The van der Waals surface area contributed by atoms with Crippen molar-refractivity contribution in [3.05, 3.63) is 70.2 Å². The van der Waals surface area contributed by atoms with E-state index in [1.165, 1.54) is 11.3 Å². The number of thiazole rings is 1. The first-order chi connectivity index (χ1) is 13.6. The van der Waals surface area contributed by atoms with E-state index >= 15 is 0 Å². The molecule has 1 heterocycles. The smallest absolute Gasteiger partial charge is 0.271 e. The molecule has 0 aliphatic rings. The van der Waals surface area contributed by atoms with Crippen LogP contribution in [0.5, 0.6) is 0 Å². The van der Waals surface area contributed by atoms with Gasteiger partial charge in [-0.1, -0.05) is 48.9 Å². The number of hydrogen-bond donors (Lipinski definition) is 2. The fraction of sp³-hybridized carbons (Fsp3) is 0.190. The van der Waals surface area contributed by atoms with E-state index in [4.69, 9.17) is 11.6 Å². The van der Waals surface area contributed by atoms with Crippen LogP contribution in [-0.2, 0) is 11.3 Å². The maximum atomic E-state index is 12.4. The number of halogens is 1. The predicted molar refractivity (Wildman–Crippen MR) is 114 cm³/mol. The van der Waals surface area contributed by atoms with Crippen LogP contribution in [0.15, 0.2) is 53.9 Å². The van der Waals surface area contributed by atoms with Gasteiger partial charge in [0.1, 0.15) is 10.7 Å². The number of nitrogens with zero attached hydrogens (tertiary/aromatic N) is 1. The quantitative estimate of drug-likeness (QED) is 0.563. The van der Waals surface area contributed by atoms with Crippen LogP contribution in [-0.4, -0.2) is 16.8 Å². The summed E-state index contributed by atoms with van der Waals surface area (Å²) >= 11 is 7.57. The molecule has 0 spiro atoms. The average Bonchev–Trinajstić information content (AvgIpc) is 3.17. The minimum absolute atomic E-state index is 0.0155. The summed E-state index contributed by atoms with van der Waals surface area (Å²) in [7, 11) is 0. The van der Waals surface area contributed by atoms with Gasteiger partial charge < -0.3 is 10.6 Å². The van der Waals surface area contributed by atoms with Crippen LogP contribution < -0.4 is 10.6 Å². The Bertz CT molecular complexity index is 987. The largest absolute Gasteiger partial charge is 0.347 e. The van der Waals surface area contributed by atoms with E-state index in [0.29, 0.717) is 28.7 Å². The van der Waals surface area contributed by atoms with Crippen LogP contribution in [0, 0.1) is 0 Å². The highest BCUT2D eigenvalue weighted by molar-refractivity contribution is 7.13. The molecule has 0 atom stereocenters. The normalized spacial score (nSPS) is 10.5. The Morgan fingerprint density at radius 1 is 1.14 bits per heavy atom. The van der Waals surface area contributed by atoms with Gasteiger partial charge in [0.05, 0.1) is 5.02 Å². The van der Waals surface area contributed by atoms with Crippen molar-refractivity contribution in [1.29, 1.82) is 0 Å². The fourth-order valence-electron chi connectivity index (χ4n) is 2.62. The van der Waals surface area contributed by atoms with Crippen molar-refractivity contribution >= 4 is 40.4 Å². The molecule has 0 unspecified atom stereocenters. The predicted octanol–water partition coefficient (Wildman–Crippen LogP) is 5.13. The maximum Gasteiger partial charge on any atom is 0.271 e. The summed E-state index contributed by atoms with van der Waals surface area (Å²) in [5, 5.41) is 8.74. The lowest BCUT2D eigenvalue weighted by Gasteiger charge is -2.08. The molecule has 2 N–H and O–H groups in total. The van der Waals surface area contributed by atoms with Gasteiger partial charge in [-0.2, -0.15) is 0 Å². The van der Waals surface area contributed by atoms with Crippen molar-refractivity contribution in [3.63, 3.8) is 0 Å². The Labute approximate surface area is 172 Å². The molecular formula is C21H20ClN3O2S. The van der Waals surface area contributed by atoms with Gasteiger partial charge in [-0.15, -0.1) is 11.3 Å². The van der Waals surface area contributed by atoms with E-state index in [2.05, 4.69) is 15.6 Å². The number of aromatic nitrogens is 1. The summed E-state index contributed by atoms with van der Waals surface area (Å²) in [5.41, 5.74) is 2.78. The topological polar surface area (TPSA) is 71.1 Å². The minimum atomic E-state index is -0.255. The molecule has 7 heteroatoms. The number of carbonyl (C=O) groups is 2. The molecule has 144 valence electrons. The lowest BCUT2D eigenvalue weighted by molar-refractivity contribution is -0.116. The van der Waals surface area contributed by atoms with Crippen LogP contribution in [0.25, 0.3) is 10.6 Å². The van der Waals surface area contributed by atoms with Crippen LogP contribution in [0.4, 0.5) is 5.69 Å². The maximum absolute atomic E-state index is 12.4. The minimum Gasteiger partial charge on any atom is -0.347 e. The highest BCUT2D eigenvalue weighted by Gasteiger charge is 2.13. The first-order valence-electron chi connectivity index (χ1n) is 8.94. The molecule has 1 aromatic heterocycles.